The SMILES string of the molecule is CC=CCC=CCCN(C)NCC. The molecule has 0 spiro atoms. The number of rotatable bonds is 7. The molecule has 0 bridgehead atoms. The van der Waals surface area contributed by atoms with Gasteiger partial charge in [-0.15, -0.1) is 0 Å². The monoisotopic (exact) mass is 182 g/mol. The highest BCUT2D eigenvalue weighted by Gasteiger charge is 1.90. The fourth-order valence-electron chi connectivity index (χ4n) is 1.05. The van der Waals surface area contributed by atoms with Gasteiger partial charge in [-0.1, -0.05) is 31.2 Å². The Labute approximate surface area is 82.3 Å². The van der Waals surface area contributed by atoms with Gasteiger partial charge in [0.1, 0.15) is 0 Å². The second-order valence-corrected chi connectivity index (χ2v) is 3.00. The first-order valence-corrected chi connectivity index (χ1v) is 5.02. The van der Waals surface area contributed by atoms with E-state index in [1.807, 2.05) is 6.92 Å². The second-order valence-electron chi connectivity index (χ2n) is 3.00. The first kappa shape index (κ1) is 12.4. The summed E-state index contributed by atoms with van der Waals surface area (Å²) in [6.07, 6.45) is 10.8. The van der Waals surface area contributed by atoms with Gasteiger partial charge in [-0.05, 0) is 19.8 Å². The van der Waals surface area contributed by atoms with Crippen molar-refractivity contribution >= 4 is 0 Å². The summed E-state index contributed by atoms with van der Waals surface area (Å²) in [6, 6.07) is 0. The first-order chi connectivity index (χ1) is 6.31. The molecule has 13 heavy (non-hydrogen) atoms. The number of nitrogens with one attached hydrogen (secondary N) is 1. The van der Waals surface area contributed by atoms with Crippen LogP contribution in [0.2, 0.25) is 0 Å². The minimum atomic E-state index is 0.999. The van der Waals surface area contributed by atoms with E-state index in [0.29, 0.717) is 0 Å². The fourth-order valence-corrected chi connectivity index (χ4v) is 1.05. The van der Waals surface area contributed by atoms with Crippen molar-refractivity contribution < 1.29 is 0 Å². The van der Waals surface area contributed by atoms with Gasteiger partial charge in [0.2, 0.25) is 0 Å². The van der Waals surface area contributed by atoms with Crippen molar-refractivity contribution in [3.63, 3.8) is 0 Å². The molecule has 0 heterocycles. The first-order valence-electron chi connectivity index (χ1n) is 5.02. The lowest BCUT2D eigenvalue weighted by atomic mass is 10.3. The van der Waals surface area contributed by atoms with E-state index < -0.39 is 0 Å². The van der Waals surface area contributed by atoms with Gasteiger partial charge in [0, 0.05) is 20.1 Å². The lowest BCUT2D eigenvalue weighted by Gasteiger charge is -2.15. The molecule has 0 aromatic rings. The Morgan fingerprint density at radius 1 is 1.23 bits per heavy atom. The molecule has 1 N–H and O–H groups in total. The van der Waals surface area contributed by atoms with Crippen LogP contribution >= 0.6 is 0 Å². The maximum Gasteiger partial charge on any atom is 0.0162 e. The minimum Gasteiger partial charge on any atom is -0.256 e. The van der Waals surface area contributed by atoms with Crippen molar-refractivity contribution in [3.05, 3.63) is 24.3 Å². The minimum absolute atomic E-state index is 0.999. The average Bonchev–Trinajstić information content (AvgIpc) is 2.11. The molecule has 0 saturated heterocycles. The molecule has 0 fully saturated rings. The van der Waals surface area contributed by atoms with E-state index in [0.717, 1.165) is 25.9 Å². The van der Waals surface area contributed by atoms with E-state index in [4.69, 9.17) is 0 Å². The zero-order valence-electron chi connectivity index (χ0n) is 9.09. The third-order valence-electron chi connectivity index (χ3n) is 1.73. The van der Waals surface area contributed by atoms with Gasteiger partial charge in [0.15, 0.2) is 0 Å². The summed E-state index contributed by atoms with van der Waals surface area (Å²) in [6.45, 7) is 6.23. The van der Waals surface area contributed by atoms with Crippen LogP contribution in [0.1, 0.15) is 26.7 Å². The van der Waals surface area contributed by atoms with Crippen LogP contribution in [-0.4, -0.2) is 25.1 Å². The molecule has 0 atom stereocenters. The van der Waals surface area contributed by atoms with Crippen LogP contribution in [0, 0.1) is 0 Å². The van der Waals surface area contributed by atoms with Gasteiger partial charge in [0.05, 0.1) is 0 Å². The molecule has 0 unspecified atom stereocenters. The lowest BCUT2D eigenvalue weighted by Crippen LogP contribution is -2.34. The number of nitrogens with zero attached hydrogens (tertiary/aromatic N) is 1. The molecular formula is C11H22N2. The Morgan fingerprint density at radius 2 is 2.00 bits per heavy atom. The zero-order valence-corrected chi connectivity index (χ0v) is 9.09. The van der Waals surface area contributed by atoms with E-state index in [1.165, 1.54) is 0 Å². The standard InChI is InChI=1S/C11H22N2/c1-4-6-7-8-9-10-11-13(3)12-5-2/h4,6,8-9,12H,5,7,10-11H2,1-3H3. The molecule has 0 aromatic carbocycles. The summed E-state index contributed by atoms with van der Waals surface area (Å²) in [5, 5.41) is 2.12. The third-order valence-corrected chi connectivity index (χ3v) is 1.73. The molecule has 2 heteroatoms. The molecule has 0 amide bonds. The van der Waals surface area contributed by atoms with Gasteiger partial charge < -0.3 is 0 Å². The molecule has 0 aliphatic rings. The molecule has 0 aliphatic heterocycles. The molecular weight excluding hydrogens is 160 g/mol. The molecule has 0 rings (SSSR count). The highest BCUT2D eigenvalue weighted by atomic mass is 15.5. The van der Waals surface area contributed by atoms with Crippen LogP contribution in [0.3, 0.4) is 0 Å². The Bertz CT molecular complexity index is 150. The van der Waals surface area contributed by atoms with Crippen LogP contribution in [0.4, 0.5) is 0 Å². The zero-order chi connectivity index (χ0) is 9.94. The van der Waals surface area contributed by atoms with Crippen molar-refractivity contribution in [2.24, 2.45) is 0 Å². The van der Waals surface area contributed by atoms with Crippen LogP contribution in [0.25, 0.3) is 0 Å². The Kier molecular flexibility index (Phi) is 9.05. The molecule has 0 radical (unpaired) electrons. The molecule has 2 nitrogen and oxygen atoms in total. The summed E-state index contributed by atoms with van der Waals surface area (Å²) in [7, 11) is 2.07. The normalized spacial score (nSPS) is 12.3. The predicted molar refractivity (Wildman–Crippen MR) is 59.5 cm³/mol. The molecule has 0 aromatic heterocycles. The smallest absolute Gasteiger partial charge is 0.0162 e. The Hall–Kier alpha value is -0.600. The van der Waals surface area contributed by atoms with Gasteiger partial charge in [-0.2, -0.15) is 0 Å². The van der Waals surface area contributed by atoms with Crippen molar-refractivity contribution in [2.45, 2.75) is 26.7 Å². The summed E-state index contributed by atoms with van der Waals surface area (Å²) >= 11 is 0. The topological polar surface area (TPSA) is 15.3 Å². The quantitative estimate of drug-likeness (QED) is 0.480. The van der Waals surface area contributed by atoms with Gasteiger partial charge in [-0.3, -0.25) is 5.43 Å². The summed E-state index contributed by atoms with van der Waals surface area (Å²) in [5.41, 5.74) is 3.23. The van der Waals surface area contributed by atoms with E-state index in [9.17, 15) is 0 Å². The van der Waals surface area contributed by atoms with Crippen molar-refractivity contribution in [3.8, 4) is 0 Å². The highest BCUT2D eigenvalue weighted by Crippen LogP contribution is 1.90. The maximum absolute atomic E-state index is 3.23. The van der Waals surface area contributed by atoms with Gasteiger partial charge in [0.25, 0.3) is 0 Å². The number of hydrazine groups is 1. The van der Waals surface area contributed by atoms with Crippen LogP contribution in [-0.2, 0) is 0 Å². The van der Waals surface area contributed by atoms with E-state index in [-0.39, 0.29) is 0 Å². The summed E-state index contributed by atoms with van der Waals surface area (Å²) < 4.78 is 0. The van der Waals surface area contributed by atoms with Crippen molar-refractivity contribution in [1.82, 2.24) is 10.4 Å². The Morgan fingerprint density at radius 3 is 2.62 bits per heavy atom. The number of allylic oxidation sites excluding steroid dienone is 3. The average molecular weight is 182 g/mol. The van der Waals surface area contributed by atoms with Crippen LogP contribution in [0.15, 0.2) is 24.3 Å². The molecule has 0 aliphatic carbocycles. The third kappa shape index (κ3) is 9.31. The molecule has 0 saturated carbocycles. The van der Waals surface area contributed by atoms with E-state index >= 15 is 0 Å². The fraction of sp³-hybridized carbons (Fsp3) is 0.636. The molecule has 76 valence electrons. The summed E-state index contributed by atoms with van der Waals surface area (Å²) in [5.74, 6) is 0. The largest absolute Gasteiger partial charge is 0.256 e. The predicted octanol–water partition coefficient (Wildman–Crippen LogP) is 2.36. The second kappa shape index (κ2) is 9.49. The van der Waals surface area contributed by atoms with E-state index in [2.05, 4.69) is 48.7 Å². The van der Waals surface area contributed by atoms with Gasteiger partial charge in [-0.25, -0.2) is 5.01 Å². The van der Waals surface area contributed by atoms with Gasteiger partial charge >= 0.3 is 0 Å². The van der Waals surface area contributed by atoms with Crippen molar-refractivity contribution in [2.75, 3.05) is 20.1 Å². The number of hydrogen-bond acceptors (Lipinski definition) is 2. The van der Waals surface area contributed by atoms with Crippen molar-refractivity contribution in [1.29, 1.82) is 0 Å². The van der Waals surface area contributed by atoms with E-state index in [1.54, 1.807) is 0 Å². The highest BCUT2D eigenvalue weighted by molar-refractivity contribution is 4.91. The maximum atomic E-state index is 3.23. The summed E-state index contributed by atoms with van der Waals surface area (Å²) in [4.78, 5) is 0. The number of hydrogen-bond donors (Lipinski definition) is 1. The Balaban J connectivity index is 3.27. The van der Waals surface area contributed by atoms with Crippen LogP contribution < -0.4 is 5.43 Å². The lowest BCUT2D eigenvalue weighted by molar-refractivity contribution is 0.246. The van der Waals surface area contributed by atoms with Crippen LogP contribution in [0.5, 0.6) is 0 Å².